The highest BCUT2D eigenvalue weighted by Gasteiger charge is 2.24. The predicted octanol–water partition coefficient (Wildman–Crippen LogP) is 2.77. The fourth-order valence-corrected chi connectivity index (χ4v) is 2.58. The Morgan fingerprint density at radius 3 is 2.65 bits per heavy atom. The van der Waals surface area contributed by atoms with Gasteiger partial charge in [0.2, 0.25) is 5.91 Å². The molecule has 0 aromatic heterocycles. The molecule has 1 aromatic carbocycles. The number of nitrogens with zero attached hydrogens (tertiary/aromatic N) is 1. The van der Waals surface area contributed by atoms with Gasteiger partial charge in [-0.3, -0.25) is 9.69 Å². The number of hydrogen-bond acceptors (Lipinski definition) is 2. The molecule has 1 aromatic rings. The lowest BCUT2D eigenvalue weighted by Crippen LogP contribution is -2.40. The Labute approximate surface area is 125 Å². The maximum atomic E-state index is 12.1. The summed E-state index contributed by atoms with van der Waals surface area (Å²) < 4.78 is 0. The van der Waals surface area contributed by atoms with Crippen molar-refractivity contribution in [2.75, 3.05) is 19.6 Å². The van der Waals surface area contributed by atoms with E-state index in [1.165, 1.54) is 0 Å². The van der Waals surface area contributed by atoms with Gasteiger partial charge in [0.25, 0.3) is 0 Å². The number of likely N-dealkylation sites (tertiary alicyclic amines) is 1. The summed E-state index contributed by atoms with van der Waals surface area (Å²) >= 11 is 5.53. The summed E-state index contributed by atoms with van der Waals surface area (Å²) in [5.41, 5.74) is 2.70. The molecule has 1 amide bonds. The van der Waals surface area contributed by atoms with Gasteiger partial charge < -0.3 is 5.32 Å². The highest BCUT2D eigenvalue weighted by atomic mass is 35.5. The van der Waals surface area contributed by atoms with Crippen molar-refractivity contribution in [3.63, 3.8) is 0 Å². The molecule has 108 valence electrons. The number of piperidine rings is 1. The van der Waals surface area contributed by atoms with Crippen LogP contribution in [-0.4, -0.2) is 30.4 Å². The van der Waals surface area contributed by atoms with E-state index in [1.807, 2.05) is 36.4 Å². The fourth-order valence-electron chi connectivity index (χ4n) is 2.50. The van der Waals surface area contributed by atoms with Crippen LogP contribution >= 0.6 is 11.6 Å². The smallest absolute Gasteiger partial charge is 0.223 e. The van der Waals surface area contributed by atoms with E-state index in [2.05, 4.69) is 10.2 Å². The summed E-state index contributed by atoms with van der Waals surface area (Å²) in [7, 11) is 0. The molecule has 1 aliphatic heterocycles. The molecule has 1 fully saturated rings. The Morgan fingerprint density at radius 2 is 2.00 bits per heavy atom. The van der Waals surface area contributed by atoms with E-state index in [-0.39, 0.29) is 11.8 Å². The molecular formula is C16H21ClN2O. The van der Waals surface area contributed by atoms with Gasteiger partial charge in [0.1, 0.15) is 0 Å². The van der Waals surface area contributed by atoms with Crippen LogP contribution in [0.15, 0.2) is 41.9 Å². The van der Waals surface area contributed by atoms with E-state index in [4.69, 9.17) is 11.6 Å². The third-order valence-corrected chi connectivity index (χ3v) is 3.90. The molecule has 1 N–H and O–H groups in total. The van der Waals surface area contributed by atoms with Gasteiger partial charge in [0, 0.05) is 24.5 Å². The molecule has 3 nitrogen and oxygen atoms in total. The van der Waals surface area contributed by atoms with Crippen LogP contribution in [-0.2, 0) is 11.3 Å². The average molecular weight is 293 g/mol. The van der Waals surface area contributed by atoms with Gasteiger partial charge in [0.15, 0.2) is 0 Å². The maximum Gasteiger partial charge on any atom is 0.223 e. The Kier molecular flexibility index (Phi) is 6.09. The molecule has 20 heavy (non-hydrogen) atoms. The lowest BCUT2D eigenvalue weighted by atomic mass is 9.96. The number of nitrogens with one attached hydrogen (secondary N) is 1. The zero-order valence-corrected chi connectivity index (χ0v) is 12.4. The molecule has 1 saturated heterocycles. The van der Waals surface area contributed by atoms with Crippen LogP contribution in [0, 0.1) is 5.92 Å². The number of benzene rings is 1. The van der Waals surface area contributed by atoms with Gasteiger partial charge in [-0.1, -0.05) is 48.0 Å². The van der Waals surface area contributed by atoms with Crippen molar-refractivity contribution >= 4 is 17.5 Å². The molecule has 0 atom stereocenters. The van der Waals surface area contributed by atoms with Crippen LogP contribution in [0.2, 0.25) is 0 Å². The van der Waals surface area contributed by atoms with Crippen molar-refractivity contribution in [1.29, 1.82) is 0 Å². The number of carbonyl (C=O) groups is 1. The van der Waals surface area contributed by atoms with Crippen LogP contribution in [0.3, 0.4) is 0 Å². The summed E-state index contributed by atoms with van der Waals surface area (Å²) in [5, 5.41) is 3.03. The van der Waals surface area contributed by atoms with Gasteiger partial charge >= 0.3 is 0 Å². The number of carbonyl (C=O) groups excluding carboxylic acids is 1. The molecule has 0 bridgehead atoms. The summed E-state index contributed by atoms with van der Waals surface area (Å²) in [4.78, 5) is 14.4. The maximum absolute atomic E-state index is 12.1. The SMILES string of the molecule is O=C(NCc1ccccc1)C1CCN(C/C=C/Cl)CC1. The third kappa shape index (κ3) is 4.66. The molecule has 1 heterocycles. The number of halogens is 1. The van der Waals surface area contributed by atoms with Crippen LogP contribution < -0.4 is 5.32 Å². The van der Waals surface area contributed by atoms with Crippen molar-refractivity contribution < 1.29 is 4.79 Å². The van der Waals surface area contributed by atoms with E-state index in [0.717, 1.165) is 38.0 Å². The Balaban J connectivity index is 1.72. The first-order valence-electron chi connectivity index (χ1n) is 7.09. The van der Waals surface area contributed by atoms with Gasteiger partial charge in [-0.15, -0.1) is 0 Å². The fraction of sp³-hybridized carbons (Fsp3) is 0.438. The highest BCUT2D eigenvalue weighted by molar-refractivity contribution is 6.25. The van der Waals surface area contributed by atoms with Crippen LogP contribution in [0.25, 0.3) is 0 Å². The average Bonchev–Trinajstić information content (AvgIpc) is 2.52. The highest BCUT2D eigenvalue weighted by Crippen LogP contribution is 2.17. The van der Waals surface area contributed by atoms with Crippen molar-refractivity contribution in [2.45, 2.75) is 19.4 Å². The van der Waals surface area contributed by atoms with Crippen molar-refractivity contribution in [3.8, 4) is 0 Å². The van der Waals surface area contributed by atoms with E-state index in [1.54, 1.807) is 5.54 Å². The molecule has 0 aliphatic carbocycles. The van der Waals surface area contributed by atoms with Gasteiger partial charge in [-0.05, 0) is 31.5 Å². The molecular weight excluding hydrogens is 272 g/mol. The Hall–Kier alpha value is -1.32. The molecule has 0 saturated carbocycles. The van der Waals surface area contributed by atoms with Gasteiger partial charge in [0.05, 0.1) is 0 Å². The minimum absolute atomic E-state index is 0.148. The van der Waals surface area contributed by atoms with E-state index in [0.29, 0.717) is 6.54 Å². The zero-order valence-electron chi connectivity index (χ0n) is 11.6. The number of amides is 1. The third-order valence-electron chi connectivity index (χ3n) is 3.72. The molecule has 1 aliphatic rings. The van der Waals surface area contributed by atoms with Crippen LogP contribution in [0.5, 0.6) is 0 Å². The van der Waals surface area contributed by atoms with E-state index < -0.39 is 0 Å². The lowest BCUT2D eigenvalue weighted by molar-refractivity contribution is -0.126. The molecule has 0 spiro atoms. The van der Waals surface area contributed by atoms with Crippen molar-refractivity contribution in [3.05, 3.63) is 47.5 Å². The first-order valence-corrected chi connectivity index (χ1v) is 7.52. The van der Waals surface area contributed by atoms with Crippen LogP contribution in [0.4, 0.5) is 0 Å². The normalized spacial score (nSPS) is 17.4. The minimum atomic E-state index is 0.148. The van der Waals surface area contributed by atoms with Crippen molar-refractivity contribution in [1.82, 2.24) is 10.2 Å². The molecule has 4 heteroatoms. The standard InChI is InChI=1S/C16H21ClN2O/c17-9-4-10-19-11-7-15(8-12-19)16(20)18-13-14-5-2-1-3-6-14/h1-6,9,15H,7-8,10-13H2,(H,18,20)/b9-4+. The lowest BCUT2D eigenvalue weighted by Gasteiger charge is -2.30. The Morgan fingerprint density at radius 1 is 1.30 bits per heavy atom. The van der Waals surface area contributed by atoms with Gasteiger partial charge in [-0.2, -0.15) is 0 Å². The minimum Gasteiger partial charge on any atom is -0.352 e. The summed E-state index contributed by atoms with van der Waals surface area (Å²) in [6, 6.07) is 10.0. The quantitative estimate of drug-likeness (QED) is 0.905. The zero-order chi connectivity index (χ0) is 14.2. The molecule has 2 rings (SSSR count). The topological polar surface area (TPSA) is 32.3 Å². The van der Waals surface area contributed by atoms with Crippen LogP contribution in [0.1, 0.15) is 18.4 Å². The monoisotopic (exact) mass is 292 g/mol. The van der Waals surface area contributed by atoms with E-state index >= 15 is 0 Å². The first-order chi connectivity index (χ1) is 9.79. The predicted molar refractivity (Wildman–Crippen MR) is 82.4 cm³/mol. The largest absolute Gasteiger partial charge is 0.352 e. The summed E-state index contributed by atoms with van der Waals surface area (Å²) in [6.07, 6.45) is 3.80. The molecule has 0 unspecified atom stereocenters. The van der Waals surface area contributed by atoms with E-state index in [9.17, 15) is 4.79 Å². The first kappa shape index (κ1) is 15.1. The number of rotatable bonds is 5. The second-order valence-electron chi connectivity index (χ2n) is 5.14. The van der Waals surface area contributed by atoms with Gasteiger partial charge in [-0.25, -0.2) is 0 Å². The molecule has 0 radical (unpaired) electrons. The second kappa shape index (κ2) is 8.08. The second-order valence-corrected chi connectivity index (χ2v) is 5.39. The number of hydrogen-bond donors (Lipinski definition) is 1. The summed E-state index contributed by atoms with van der Waals surface area (Å²) in [5.74, 6) is 0.330. The van der Waals surface area contributed by atoms with Crippen molar-refractivity contribution in [2.24, 2.45) is 5.92 Å². The Bertz CT molecular complexity index is 439. The summed E-state index contributed by atoms with van der Waals surface area (Å²) in [6.45, 7) is 3.42.